The van der Waals surface area contributed by atoms with Crippen molar-refractivity contribution in [2.24, 2.45) is 0 Å². The Hall–Kier alpha value is -4.10. The number of aryl methyl sites for hydroxylation is 1. The molecule has 0 N–H and O–H groups in total. The Bertz CT molecular complexity index is 1560. The maximum Gasteiger partial charge on any atom is 0.117 e. The van der Waals surface area contributed by atoms with Crippen LogP contribution in [0.1, 0.15) is 39.5 Å². The van der Waals surface area contributed by atoms with Gasteiger partial charge in [-0.25, -0.2) is 0 Å². The Kier molecular flexibility index (Phi) is 11.4. The third kappa shape index (κ3) is 8.79. The van der Waals surface area contributed by atoms with E-state index in [4.69, 9.17) is 23.7 Å². The lowest BCUT2D eigenvalue weighted by Gasteiger charge is -2.46. The van der Waals surface area contributed by atoms with Gasteiger partial charge in [0.2, 0.25) is 0 Å². The lowest BCUT2D eigenvalue weighted by Crippen LogP contribution is -2.58. The number of benzene rings is 5. The van der Waals surface area contributed by atoms with E-state index in [-0.39, 0.29) is 0 Å². The van der Waals surface area contributed by atoms with Crippen molar-refractivity contribution in [3.63, 3.8) is 0 Å². The van der Waals surface area contributed by atoms with E-state index in [1.165, 1.54) is 5.56 Å². The molecule has 0 aliphatic carbocycles. The molecule has 5 nitrogen and oxygen atoms in total. The molecule has 5 aromatic carbocycles. The van der Waals surface area contributed by atoms with Gasteiger partial charge < -0.3 is 23.7 Å². The zero-order chi connectivity index (χ0) is 31.4. The Balaban J connectivity index is 1.33. The van der Waals surface area contributed by atoms with Gasteiger partial charge in [-0.3, -0.25) is 0 Å². The van der Waals surface area contributed by atoms with Gasteiger partial charge >= 0.3 is 0 Å². The molecule has 0 bridgehead atoms. The fraction of sp³-hybridized carbons (Fsp3) is 0.268. The normalized spacial score (nSPS) is 21.2. The predicted octanol–water partition coefficient (Wildman–Crippen LogP) is 8.41. The summed E-state index contributed by atoms with van der Waals surface area (Å²) in [6.45, 7) is 4.16. The Morgan fingerprint density at radius 3 is 1.35 bits per heavy atom. The Morgan fingerprint density at radius 1 is 0.457 bits per heavy atom. The van der Waals surface area contributed by atoms with Crippen molar-refractivity contribution in [3.8, 4) is 0 Å². The molecular formula is C41H42O5. The molecule has 1 fully saturated rings. The molecule has 0 aromatic heterocycles. The molecule has 1 saturated heterocycles. The fourth-order valence-electron chi connectivity index (χ4n) is 5.81. The third-order valence-electron chi connectivity index (χ3n) is 8.29. The minimum Gasteiger partial charge on any atom is -0.374 e. The van der Waals surface area contributed by atoms with E-state index in [1.807, 2.05) is 72.8 Å². The van der Waals surface area contributed by atoms with Gasteiger partial charge in [0.15, 0.2) is 0 Å². The lowest BCUT2D eigenvalue weighted by molar-refractivity contribution is -0.275. The maximum absolute atomic E-state index is 6.98. The minimum atomic E-state index is -0.456. The summed E-state index contributed by atoms with van der Waals surface area (Å²) in [5, 5.41) is 0. The van der Waals surface area contributed by atoms with E-state index in [1.54, 1.807) is 0 Å². The van der Waals surface area contributed by atoms with Crippen molar-refractivity contribution in [2.45, 2.75) is 63.9 Å². The zero-order valence-electron chi connectivity index (χ0n) is 26.3. The molecule has 1 aliphatic heterocycles. The number of rotatable bonds is 14. The highest BCUT2D eigenvalue weighted by Gasteiger charge is 2.49. The van der Waals surface area contributed by atoms with Crippen LogP contribution in [0, 0.1) is 6.92 Å². The van der Waals surface area contributed by atoms with Crippen LogP contribution < -0.4 is 0 Å². The van der Waals surface area contributed by atoms with Gasteiger partial charge in [-0.1, -0.05) is 151 Å². The van der Waals surface area contributed by atoms with Gasteiger partial charge in [0, 0.05) is 0 Å². The highest BCUT2D eigenvalue weighted by atomic mass is 16.6. The smallest absolute Gasteiger partial charge is 0.117 e. The van der Waals surface area contributed by atoms with Gasteiger partial charge in [0.25, 0.3) is 0 Å². The first-order valence-electron chi connectivity index (χ1n) is 16.0. The van der Waals surface area contributed by atoms with Gasteiger partial charge in [-0.2, -0.15) is 0 Å². The third-order valence-corrected chi connectivity index (χ3v) is 8.29. The highest BCUT2D eigenvalue weighted by Crippen LogP contribution is 2.38. The monoisotopic (exact) mass is 614 g/mol. The number of ether oxygens (including phenoxy) is 5. The largest absolute Gasteiger partial charge is 0.374 e. The first-order chi connectivity index (χ1) is 22.7. The molecule has 0 unspecified atom stereocenters. The molecule has 0 radical (unpaired) electrons. The van der Waals surface area contributed by atoms with Crippen LogP contribution >= 0.6 is 0 Å². The van der Waals surface area contributed by atoms with Crippen LogP contribution in [0.25, 0.3) is 0 Å². The average Bonchev–Trinajstić information content (AvgIpc) is 3.11. The van der Waals surface area contributed by atoms with E-state index in [0.717, 1.165) is 27.8 Å². The molecule has 5 aromatic rings. The second kappa shape index (κ2) is 16.5. The molecule has 0 saturated carbocycles. The quantitative estimate of drug-likeness (QED) is 0.126. The molecular weight excluding hydrogens is 572 g/mol. The standard InChI is InChI=1S/C41H42O5/c1-31-22-24-36(25-23-31)38-40(44-28-34-18-10-4-11-19-34)41(45-29-35-20-12-5-13-21-35)39(43-27-33-16-8-3-9-17-33)37(46-38)30-42-26-32-14-6-2-7-15-32/h2-25,37-41H,26-30H2,1H3/t37-,38+,39-,40+,41+/m1/s1. The van der Waals surface area contributed by atoms with Crippen molar-refractivity contribution in [2.75, 3.05) is 6.61 Å². The van der Waals surface area contributed by atoms with Crippen LogP contribution in [0.4, 0.5) is 0 Å². The lowest BCUT2D eigenvalue weighted by atomic mass is 9.90. The molecule has 5 atom stereocenters. The highest BCUT2D eigenvalue weighted by molar-refractivity contribution is 5.26. The van der Waals surface area contributed by atoms with Gasteiger partial charge in [-0.15, -0.1) is 0 Å². The molecule has 46 heavy (non-hydrogen) atoms. The van der Waals surface area contributed by atoms with Gasteiger partial charge in [0.1, 0.15) is 30.5 Å². The van der Waals surface area contributed by atoms with Crippen molar-refractivity contribution < 1.29 is 23.7 Å². The summed E-state index contributed by atoms with van der Waals surface area (Å²) in [5.74, 6) is 0. The van der Waals surface area contributed by atoms with Crippen LogP contribution in [0.3, 0.4) is 0 Å². The fourth-order valence-corrected chi connectivity index (χ4v) is 5.81. The van der Waals surface area contributed by atoms with Gasteiger partial charge in [0.05, 0.1) is 33.0 Å². The van der Waals surface area contributed by atoms with Crippen molar-refractivity contribution in [1.29, 1.82) is 0 Å². The maximum atomic E-state index is 6.98. The minimum absolute atomic E-state index is 0.341. The van der Waals surface area contributed by atoms with Crippen molar-refractivity contribution in [3.05, 3.63) is 179 Å². The second-order valence-corrected chi connectivity index (χ2v) is 11.8. The summed E-state index contributed by atoms with van der Waals surface area (Å²) in [7, 11) is 0. The van der Waals surface area contributed by atoms with E-state index >= 15 is 0 Å². The molecule has 6 rings (SSSR count). The van der Waals surface area contributed by atoms with Crippen molar-refractivity contribution in [1.82, 2.24) is 0 Å². The van der Waals surface area contributed by atoms with Crippen LogP contribution in [-0.2, 0) is 50.1 Å². The Labute approximate surface area is 272 Å². The molecule has 5 heteroatoms. The summed E-state index contributed by atoms with van der Waals surface area (Å²) in [6.07, 6.45) is -2.15. The van der Waals surface area contributed by atoms with E-state index in [2.05, 4.69) is 79.7 Å². The first kappa shape index (κ1) is 31.9. The van der Waals surface area contributed by atoms with Gasteiger partial charge in [-0.05, 0) is 34.7 Å². The first-order valence-corrected chi connectivity index (χ1v) is 16.0. The molecule has 1 aliphatic rings. The summed E-state index contributed by atoms with van der Waals surface area (Å²) in [4.78, 5) is 0. The number of hydrogen-bond acceptors (Lipinski definition) is 5. The summed E-state index contributed by atoms with van der Waals surface area (Å²) in [6, 6.07) is 49.4. The second-order valence-electron chi connectivity index (χ2n) is 11.8. The number of hydrogen-bond donors (Lipinski definition) is 0. The van der Waals surface area contributed by atoms with E-state index in [9.17, 15) is 0 Å². The molecule has 236 valence electrons. The van der Waals surface area contributed by atoms with Crippen molar-refractivity contribution >= 4 is 0 Å². The topological polar surface area (TPSA) is 46.2 Å². The summed E-state index contributed by atoms with van der Waals surface area (Å²) in [5.41, 5.74) is 6.58. The molecule has 0 spiro atoms. The summed E-state index contributed by atoms with van der Waals surface area (Å²) < 4.78 is 33.7. The van der Waals surface area contributed by atoms with E-state index < -0.39 is 30.5 Å². The predicted molar refractivity (Wildman–Crippen MR) is 180 cm³/mol. The van der Waals surface area contributed by atoms with Crippen LogP contribution in [0.2, 0.25) is 0 Å². The summed E-state index contributed by atoms with van der Waals surface area (Å²) >= 11 is 0. The zero-order valence-corrected chi connectivity index (χ0v) is 26.3. The Morgan fingerprint density at radius 2 is 0.870 bits per heavy atom. The molecule has 0 amide bonds. The van der Waals surface area contributed by atoms with Crippen LogP contribution in [0.15, 0.2) is 146 Å². The van der Waals surface area contributed by atoms with E-state index in [0.29, 0.717) is 33.0 Å². The SMILES string of the molecule is Cc1ccc([C@@H]2O[C@H](COCc3ccccc3)[C@@H](OCc3ccccc3)[C@H](OCc3ccccc3)[C@H]2OCc2ccccc2)cc1. The van der Waals surface area contributed by atoms with Crippen LogP contribution in [0.5, 0.6) is 0 Å². The average molecular weight is 615 g/mol. The van der Waals surface area contributed by atoms with Crippen LogP contribution in [-0.4, -0.2) is 31.0 Å². The molecule has 1 heterocycles.